The van der Waals surface area contributed by atoms with Crippen LogP contribution < -0.4 is 11.1 Å². The largest absolute Gasteiger partial charge is 0.384 e. The summed E-state index contributed by atoms with van der Waals surface area (Å²) in [6.07, 6.45) is 3.00. The minimum absolute atomic E-state index is 0.126. The van der Waals surface area contributed by atoms with Crippen LogP contribution in [0.3, 0.4) is 0 Å². The summed E-state index contributed by atoms with van der Waals surface area (Å²) in [5.41, 5.74) is 9.65. The monoisotopic (exact) mass is 588 g/mol. The van der Waals surface area contributed by atoms with Gasteiger partial charge in [0.25, 0.3) is 5.91 Å². The Morgan fingerprint density at radius 1 is 0.929 bits per heavy atom. The molecule has 0 radical (unpaired) electrons. The molecule has 1 amide bonds. The first-order valence-electron chi connectivity index (χ1n) is 14.9. The molecule has 11 nitrogen and oxygen atoms in total. The van der Waals surface area contributed by atoms with Crippen LogP contribution in [0.4, 0.5) is 5.69 Å². The van der Waals surface area contributed by atoms with E-state index in [1.54, 1.807) is 6.07 Å². The lowest BCUT2D eigenvalue weighted by Gasteiger charge is -2.29. The molecule has 3 N–H and O–H groups in total. The Hall–Kier alpha value is -2.83. The van der Waals surface area contributed by atoms with Crippen LogP contribution in [0.5, 0.6) is 0 Å². The number of aryl methyl sites for hydroxylation is 1. The lowest BCUT2D eigenvalue weighted by molar-refractivity contribution is -0.0109. The summed E-state index contributed by atoms with van der Waals surface area (Å²) < 4.78 is 29.3. The quantitative estimate of drug-likeness (QED) is 0.209. The second-order valence-electron chi connectivity index (χ2n) is 11.2. The van der Waals surface area contributed by atoms with Gasteiger partial charge in [-0.15, -0.1) is 0 Å². The van der Waals surface area contributed by atoms with Crippen LogP contribution in [0.2, 0.25) is 0 Å². The molecule has 42 heavy (non-hydrogen) atoms. The Bertz CT molecular complexity index is 1150. The molecule has 2 aromatic rings. The van der Waals surface area contributed by atoms with Crippen LogP contribution in [0, 0.1) is 12.3 Å². The molecule has 0 bridgehead atoms. The number of amides is 1. The number of carbonyl (C=O) groups excluding carboxylic acids is 2. The number of nitrogens with two attached hydrogens (primary N) is 1. The highest BCUT2D eigenvalue weighted by Crippen LogP contribution is 2.37. The molecular weight excluding hydrogens is 540 g/mol. The Labute approximate surface area is 249 Å². The number of ketones is 1. The fourth-order valence-electron chi connectivity index (χ4n) is 4.90. The van der Waals surface area contributed by atoms with Crippen molar-refractivity contribution < 1.29 is 33.3 Å². The van der Waals surface area contributed by atoms with Crippen LogP contribution in [0.15, 0.2) is 18.2 Å². The van der Waals surface area contributed by atoms with E-state index < -0.39 is 5.91 Å². The Morgan fingerprint density at radius 2 is 1.50 bits per heavy atom. The summed E-state index contributed by atoms with van der Waals surface area (Å²) in [5, 5.41) is 8.00. The van der Waals surface area contributed by atoms with Gasteiger partial charge in [-0.3, -0.25) is 9.59 Å². The van der Waals surface area contributed by atoms with E-state index in [0.717, 1.165) is 42.9 Å². The van der Waals surface area contributed by atoms with E-state index in [9.17, 15) is 9.59 Å². The number of nitrogens with one attached hydrogen (secondary N) is 1. The maximum atomic E-state index is 12.8. The third-order valence-electron chi connectivity index (χ3n) is 6.85. The number of anilines is 1. The molecule has 0 saturated heterocycles. The van der Waals surface area contributed by atoms with E-state index in [4.69, 9.17) is 29.4 Å². The first-order chi connectivity index (χ1) is 20.2. The number of primary amides is 1. The molecule has 0 fully saturated rings. The van der Waals surface area contributed by atoms with Crippen molar-refractivity contribution in [1.29, 1.82) is 0 Å². The van der Waals surface area contributed by atoms with Gasteiger partial charge in [0.15, 0.2) is 5.78 Å². The van der Waals surface area contributed by atoms with Crippen molar-refractivity contribution in [3.8, 4) is 5.69 Å². The van der Waals surface area contributed by atoms with Crippen molar-refractivity contribution in [2.45, 2.75) is 53.4 Å². The molecule has 3 rings (SSSR count). The molecule has 0 saturated carbocycles. The lowest BCUT2D eigenvalue weighted by Crippen LogP contribution is -2.28. The van der Waals surface area contributed by atoms with Gasteiger partial charge in [0.2, 0.25) is 0 Å². The summed E-state index contributed by atoms with van der Waals surface area (Å²) >= 11 is 0. The van der Waals surface area contributed by atoms with Gasteiger partial charge in [-0.2, -0.15) is 5.10 Å². The van der Waals surface area contributed by atoms with Gasteiger partial charge in [0.1, 0.15) is 0 Å². The molecular formula is C31H48N4O7. The van der Waals surface area contributed by atoms with E-state index in [1.165, 1.54) is 0 Å². The predicted octanol–water partition coefficient (Wildman–Crippen LogP) is 3.73. The van der Waals surface area contributed by atoms with Crippen molar-refractivity contribution in [2.75, 3.05) is 77.9 Å². The Kier molecular flexibility index (Phi) is 13.9. The van der Waals surface area contributed by atoms with E-state index >= 15 is 0 Å². The number of fused-ring (bicyclic) bond motifs is 1. The number of hydrogen-bond acceptors (Lipinski definition) is 9. The van der Waals surface area contributed by atoms with Crippen molar-refractivity contribution >= 4 is 17.4 Å². The highest BCUT2D eigenvalue weighted by atomic mass is 16.6. The number of ether oxygens (including phenoxy) is 5. The van der Waals surface area contributed by atoms with Gasteiger partial charge in [-0.05, 0) is 49.8 Å². The number of benzene rings is 1. The van der Waals surface area contributed by atoms with Crippen molar-refractivity contribution in [3.63, 3.8) is 0 Å². The SMILES string of the molecule is CCCOCCOCCOCCOCCOCCCNc1cc(-n2nc(C)c3c2CC(C)(C)CC3=O)ccc1C(N)=O. The zero-order valence-electron chi connectivity index (χ0n) is 25.7. The lowest BCUT2D eigenvalue weighted by atomic mass is 9.75. The highest BCUT2D eigenvalue weighted by molar-refractivity contribution is 6.00. The van der Waals surface area contributed by atoms with Crippen molar-refractivity contribution in [3.05, 3.63) is 40.7 Å². The fourth-order valence-corrected chi connectivity index (χ4v) is 4.90. The maximum absolute atomic E-state index is 12.8. The average Bonchev–Trinajstić information content (AvgIpc) is 3.27. The first-order valence-corrected chi connectivity index (χ1v) is 14.9. The second kappa shape index (κ2) is 17.3. The van der Waals surface area contributed by atoms with E-state index in [-0.39, 0.29) is 11.2 Å². The van der Waals surface area contributed by atoms with Crippen LogP contribution >= 0.6 is 0 Å². The summed E-state index contributed by atoms with van der Waals surface area (Å²) in [6.45, 7) is 14.3. The van der Waals surface area contributed by atoms with Crippen LogP contribution in [-0.2, 0) is 30.1 Å². The minimum atomic E-state index is -0.513. The third kappa shape index (κ3) is 10.5. The van der Waals surface area contributed by atoms with Crippen LogP contribution in [-0.4, -0.2) is 94.1 Å². The van der Waals surface area contributed by atoms with Gasteiger partial charge >= 0.3 is 0 Å². The fraction of sp³-hybridized carbons (Fsp3) is 0.645. The number of rotatable bonds is 21. The average molecular weight is 589 g/mol. The summed E-state index contributed by atoms with van der Waals surface area (Å²) in [7, 11) is 0. The molecule has 234 valence electrons. The molecule has 1 aliphatic carbocycles. The number of nitrogens with zero attached hydrogens (tertiary/aromatic N) is 2. The number of aromatic nitrogens is 2. The number of hydrogen-bond donors (Lipinski definition) is 2. The first kappa shape index (κ1) is 33.7. The topological polar surface area (TPSA) is 136 Å². The van der Waals surface area contributed by atoms with Gasteiger partial charge in [0, 0.05) is 31.9 Å². The normalized spacial score (nSPS) is 14.2. The molecule has 0 unspecified atom stereocenters. The smallest absolute Gasteiger partial charge is 0.250 e. The van der Waals surface area contributed by atoms with Gasteiger partial charge in [0.05, 0.1) is 81.1 Å². The maximum Gasteiger partial charge on any atom is 0.250 e. The molecule has 0 spiro atoms. The molecule has 1 aliphatic rings. The Morgan fingerprint density at radius 3 is 2.07 bits per heavy atom. The molecule has 1 heterocycles. The van der Waals surface area contributed by atoms with Crippen LogP contribution in [0.25, 0.3) is 5.69 Å². The number of carbonyl (C=O) groups is 2. The minimum Gasteiger partial charge on any atom is -0.384 e. The van der Waals surface area contributed by atoms with Crippen LogP contribution in [0.1, 0.15) is 72.1 Å². The third-order valence-corrected chi connectivity index (χ3v) is 6.85. The summed E-state index contributed by atoms with van der Waals surface area (Å²) in [4.78, 5) is 24.9. The Balaban J connectivity index is 1.35. The van der Waals surface area contributed by atoms with Gasteiger partial charge in [-0.1, -0.05) is 20.8 Å². The standard InChI is InChI=1S/C31H48N4O7/c1-5-10-38-12-14-40-16-18-42-19-17-41-15-13-39-11-6-9-33-26-20-24(7-8-25(26)30(32)37)35-27-21-31(3,4)22-28(36)29(27)23(2)34-35/h7-8,20,33H,5-6,9-19,21-22H2,1-4H3,(H2,32,37). The summed E-state index contributed by atoms with van der Waals surface area (Å²) in [5.74, 6) is -0.387. The van der Waals surface area contributed by atoms with E-state index in [1.807, 2.05) is 23.7 Å². The molecule has 11 heteroatoms. The zero-order valence-corrected chi connectivity index (χ0v) is 25.7. The molecule has 1 aromatic heterocycles. The predicted molar refractivity (Wildman–Crippen MR) is 161 cm³/mol. The second-order valence-corrected chi connectivity index (χ2v) is 11.2. The van der Waals surface area contributed by atoms with Crippen molar-refractivity contribution in [1.82, 2.24) is 9.78 Å². The number of Topliss-reactive ketones (excluding diaryl/α,β-unsaturated/α-hetero) is 1. The summed E-state index contributed by atoms with van der Waals surface area (Å²) in [6, 6.07) is 5.38. The molecule has 0 aliphatic heterocycles. The van der Waals surface area contributed by atoms with E-state index in [2.05, 4.69) is 31.2 Å². The van der Waals surface area contributed by atoms with Gasteiger partial charge < -0.3 is 34.7 Å². The van der Waals surface area contributed by atoms with Gasteiger partial charge in [-0.25, -0.2) is 4.68 Å². The molecule has 1 aromatic carbocycles. The zero-order chi connectivity index (χ0) is 30.4. The molecule has 0 atom stereocenters. The highest BCUT2D eigenvalue weighted by Gasteiger charge is 2.35. The van der Waals surface area contributed by atoms with Crippen molar-refractivity contribution in [2.24, 2.45) is 11.1 Å². The van der Waals surface area contributed by atoms with E-state index in [0.29, 0.717) is 89.2 Å².